The minimum absolute atomic E-state index is 0.0227. The van der Waals surface area contributed by atoms with Gasteiger partial charge >= 0.3 is 0 Å². The zero-order chi connectivity index (χ0) is 12.6. The summed E-state index contributed by atoms with van der Waals surface area (Å²) in [6, 6.07) is 8.07. The van der Waals surface area contributed by atoms with Gasteiger partial charge in [0.1, 0.15) is 17.2 Å². The first kappa shape index (κ1) is 11.3. The van der Waals surface area contributed by atoms with Gasteiger partial charge in [0.2, 0.25) is 0 Å². The van der Waals surface area contributed by atoms with Crippen molar-refractivity contribution >= 4 is 0 Å². The first-order valence-electron chi connectivity index (χ1n) is 5.31. The molecule has 0 aliphatic heterocycles. The van der Waals surface area contributed by atoms with Crippen molar-refractivity contribution in [3.63, 3.8) is 0 Å². The third kappa shape index (κ3) is 2.04. The van der Waals surface area contributed by atoms with E-state index in [4.69, 9.17) is 0 Å². The molecule has 0 aromatic heterocycles. The van der Waals surface area contributed by atoms with E-state index in [0.717, 1.165) is 16.7 Å². The summed E-state index contributed by atoms with van der Waals surface area (Å²) in [6.45, 7) is 3.62. The SMILES string of the molecule is Cc1cc(-c2ccc(O)cc2O)cc(C)c1O. The molecule has 0 spiro atoms. The first-order valence-corrected chi connectivity index (χ1v) is 5.31. The van der Waals surface area contributed by atoms with E-state index in [2.05, 4.69) is 0 Å². The van der Waals surface area contributed by atoms with E-state index in [0.29, 0.717) is 5.56 Å². The average molecular weight is 230 g/mol. The summed E-state index contributed by atoms with van der Waals surface area (Å²) in [5.41, 5.74) is 2.96. The number of aromatic hydroxyl groups is 3. The summed E-state index contributed by atoms with van der Waals surface area (Å²) < 4.78 is 0. The lowest BCUT2D eigenvalue weighted by atomic mass is 9.99. The molecule has 3 heteroatoms. The number of hydrogen-bond acceptors (Lipinski definition) is 3. The summed E-state index contributed by atoms with van der Waals surface area (Å²) in [4.78, 5) is 0. The maximum absolute atomic E-state index is 9.77. The van der Waals surface area contributed by atoms with Gasteiger partial charge in [0.15, 0.2) is 0 Å². The minimum atomic E-state index is 0.0227. The second kappa shape index (κ2) is 4.01. The normalized spacial score (nSPS) is 10.5. The summed E-state index contributed by atoms with van der Waals surface area (Å²) in [5.74, 6) is 0.319. The average Bonchev–Trinajstić information content (AvgIpc) is 2.25. The number of phenolic OH excluding ortho intramolecular Hbond substituents is 3. The highest BCUT2D eigenvalue weighted by Gasteiger charge is 2.09. The third-order valence-electron chi connectivity index (χ3n) is 2.78. The quantitative estimate of drug-likeness (QED) is 0.705. The van der Waals surface area contributed by atoms with Crippen molar-refractivity contribution in [2.75, 3.05) is 0 Å². The highest BCUT2D eigenvalue weighted by molar-refractivity contribution is 5.73. The van der Waals surface area contributed by atoms with Crippen molar-refractivity contribution in [2.24, 2.45) is 0 Å². The molecule has 3 N–H and O–H groups in total. The second-order valence-corrected chi connectivity index (χ2v) is 4.16. The standard InChI is InChI=1S/C14H14O3/c1-8-5-10(6-9(2)14(8)17)12-4-3-11(15)7-13(12)16/h3-7,15-17H,1-2H3. The molecule has 0 aliphatic rings. The summed E-state index contributed by atoms with van der Waals surface area (Å²) >= 11 is 0. The first-order chi connectivity index (χ1) is 7.99. The van der Waals surface area contributed by atoms with E-state index < -0.39 is 0 Å². The van der Waals surface area contributed by atoms with Crippen LogP contribution in [0.4, 0.5) is 0 Å². The van der Waals surface area contributed by atoms with Crippen LogP contribution in [-0.4, -0.2) is 15.3 Å². The Morgan fingerprint density at radius 1 is 0.824 bits per heavy atom. The van der Waals surface area contributed by atoms with Crippen molar-refractivity contribution in [3.05, 3.63) is 41.5 Å². The Bertz CT molecular complexity index is 551. The highest BCUT2D eigenvalue weighted by Crippen LogP contribution is 2.35. The highest BCUT2D eigenvalue weighted by atomic mass is 16.3. The molecular formula is C14H14O3. The molecule has 17 heavy (non-hydrogen) atoms. The van der Waals surface area contributed by atoms with Gasteiger partial charge in [-0.1, -0.05) is 0 Å². The third-order valence-corrected chi connectivity index (χ3v) is 2.78. The fourth-order valence-corrected chi connectivity index (χ4v) is 1.88. The number of phenols is 3. The van der Waals surface area contributed by atoms with Crippen LogP contribution >= 0.6 is 0 Å². The van der Waals surface area contributed by atoms with Gasteiger partial charge in [-0.3, -0.25) is 0 Å². The Balaban J connectivity index is 2.61. The lowest BCUT2D eigenvalue weighted by molar-refractivity contribution is 0.451. The number of aryl methyl sites for hydroxylation is 2. The van der Waals surface area contributed by atoms with Crippen LogP contribution in [0.5, 0.6) is 17.2 Å². The summed E-state index contributed by atoms with van der Waals surface area (Å²) in [7, 11) is 0. The van der Waals surface area contributed by atoms with Crippen molar-refractivity contribution < 1.29 is 15.3 Å². The summed E-state index contributed by atoms with van der Waals surface area (Å²) in [6.07, 6.45) is 0. The van der Waals surface area contributed by atoms with E-state index >= 15 is 0 Å². The smallest absolute Gasteiger partial charge is 0.127 e. The molecule has 0 heterocycles. The lowest BCUT2D eigenvalue weighted by Crippen LogP contribution is -1.85. The monoisotopic (exact) mass is 230 g/mol. The topological polar surface area (TPSA) is 60.7 Å². The molecule has 0 fully saturated rings. The molecule has 2 rings (SSSR count). The van der Waals surface area contributed by atoms with Crippen molar-refractivity contribution in [1.82, 2.24) is 0 Å². The molecule has 0 amide bonds. The van der Waals surface area contributed by atoms with Crippen LogP contribution in [0.25, 0.3) is 11.1 Å². The zero-order valence-corrected chi connectivity index (χ0v) is 9.73. The fourth-order valence-electron chi connectivity index (χ4n) is 1.88. The van der Waals surface area contributed by atoms with Crippen molar-refractivity contribution in [2.45, 2.75) is 13.8 Å². The van der Waals surface area contributed by atoms with Gasteiger partial charge in [0, 0.05) is 11.6 Å². The Morgan fingerprint density at radius 3 is 1.94 bits per heavy atom. The largest absolute Gasteiger partial charge is 0.508 e. The van der Waals surface area contributed by atoms with Crippen molar-refractivity contribution in [3.8, 4) is 28.4 Å². The van der Waals surface area contributed by atoms with Crippen LogP contribution < -0.4 is 0 Å². The molecule has 0 atom stereocenters. The Labute approximate surface area is 99.6 Å². The number of hydrogen-bond donors (Lipinski definition) is 3. The molecule has 0 bridgehead atoms. The molecule has 0 saturated carbocycles. The predicted octanol–water partition coefficient (Wildman–Crippen LogP) is 3.09. The summed E-state index contributed by atoms with van der Waals surface area (Å²) in [5, 5.41) is 28.7. The van der Waals surface area contributed by atoms with E-state index in [-0.39, 0.29) is 17.2 Å². The van der Waals surface area contributed by atoms with Crippen LogP contribution in [0.15, 0.2) is 30.3 Å². The van der Waals surface area contributed by atoms with Gasteiger partial charge in [-0.05, 0) is 54.8 Å². The van der Waals surface area contributed by atoms with Crippen LogP contribution in [0.2, 0.25) is 0 Å². The van der Waals surface area contributed by atoms with Crippen molar-refractivity contribution in [1.29, 1.82) is 0 Å². The molecule has 0 radical (unpaired) electrons. The van der Waals surface area contributed by atoms with Gasteiger partial charge in [-0.15, -0.1) is 0 Å². The molecule has 0 unspecified atom stereocenters. The second-order valence-electron chi connectivity index (χ2n) is 4.16. The van der Waals surface area contributed by atoms with Crippen LogP contribution in [0, 0.1) is 13.8 Å². The van der Waals surface area contributed by atoms with Gasteiger partial charge < -0.3 is 15.3 Å². The molecule has 2 aromatic rings. The molecule has 88 valence electrons. The van der Waals surface area contributed by atoms with Gasteiger partial charge in [-0.2, -0.15) is 0 Å². The maximum Gasteiger partial charge on any atom is 0.127 e. The van der Waals surface area contributed by atoms with E-state index in [9.17, 15) is 15.3 Å². The van der Waals surface area contributed by atoms with Gasteiger partial charge in [-0.25, -0.2) is 0 Å². The molecule has 0 aliphatic carbocycles. The van der Waals surface area contributed by atoms with E-state index in [1.54, 1.807) is 18.2 Å². The Kier molecular flexibility index (Phi) is 2.68. The molecule has 3 nitrogen and oxygen atoms in total. The molecule has 2 aromatic carbocycles. The number of benzene rings is 2. The fraction of sp³-hybridized carbons (Fsp3) is 0.143. The minimum Gasteiger partial charge on any atom is -0.508 e. The zero-order valence-electron chi connectivity index (χ0n) is 9.73. The predicted molar refractivity (Wildman–Crippen MR) is 66.3 cm³/mol. The van der Waals surface area contributed by atoms with Gasteiger partial charge in [0.05, 0.1) is 0 Å². The Hall–Kier alpha value is -2.16. The maximum atomic E-state index is 9.77. The lowest BCUT2D eigenvalue weighted by Gasteiger charge is -2.09. The molecule has 0 saturated heterocycles. The van der Waals surface area contributed by atoms with Gasteiger partial charge in [0.25, 0.3) is 0 Å². The molecular weight excluding hydrogens is 216 g/mol. The van der Waals surface area contributed by atoms with E-state index in [1.165, 1.54) is 12.1 Å². The number of rotatable bonds is 1. The van der Waals surface area contributed by atoms with Crippen LogP contribution in [0.1, 0.15) is 11.1 Å². The van der Waals surface area contributed by atoms with E-state index in [1.807, 2.05) is 13.8 Å². The van der Waals surface area contributed by atoms with Crippen LogP contribution in [-0.2, 0) is 0 Å². The Morgan fingerprint density at radius 2 is 1.41 bits per heavy atom. The van der Waals surface area contributed by atoms with Crippen LogP contribution in [0.3, 0.4) is 0 Å².